The number of methoxy groups -OCH3 is 1. The molecule has 3 aromatic carbocycles. The Morgan fingerprint density at radius 3 is 2.47 bits per heavy atom. The van der Waals surface area contributed by atoms with Crippen molar-refractivity contribution in [2.45, 2.75) is 52.1 Å². The van der Waals surface area contributed by atoms with E-state index in [0.29, 0.717) is 12.2 Å². The van der Waals surface area contributed by atoms with Gasteiger partial charge in [-0.1, -0.05) is 44.2 Å². The minimum Gasteiger partial charge on any atom is -0.489 e. The molecular weight excluding hydrogens is 453 g/mol. The van der Waals surface area contributed by atoms with Gasteiger partial charge in [0.25, 0.3) is 0 Å². The van der Waals surface area contributed by atoms with Crippen LogP contribution in [-0.4, -0.2) is 17.6 Å². The number of aromatic nitrogens is 1. The van der Waals surface area contributed by atoms with Gasteiger partial charge in [-0.05, 0) is 84.7 Å². The number of benzene rings is 3. The summed E-state index contributed by atoms with van der Waals surface area (Å²) in [6.07, 6.45) is 1.53. The second-order valence-electron chi connectivity index (χ2n) is 10.1. The van der Waals surface area contributed by atoms with Gasteiger partial charge in [0.15, 0.2) is 0 Å². The van der Waals surface area contributed by atoms with Crippen molar-refractivity contribution >= 4 is 16.9 Å². The van der Waals surface area contributed by atoms with E-state index in [0.717, 1.165) is 40.7 Å². The van der Waals surface area contributed by atoms with Crippen LogP contribution in [0.15, 0.2) is 66.7 Å². The summed E-state index contributed by atoms with van der Waals surface area (Å²) in [6, 6.07) is 21.6. The molecule has 5 rings (SSSR count). The number of rotatable bonds is 7. The largest absolute Gasteiger partial charge is 0.489 e. The zero-order valence-electron chi connectivity index (χ0n) is 21.3. The number of aryl methyl sites for hydroxylation is 1. The van der Waals surface area contributed by atoms with Crippen molar-refractivity contribution < 1.29 is 18.7 Å². The highest BCUT2D eigenvalue weighted by Gasteiger charge is 2.39. The summed E-state index contributed by atoms with van der Waals surface area (Å²) < 4.78 is 27.6. The number of esters is 1. The zero-order chi connectivity index (χ0) is 25.4. The van der Waals surface area contributed by atoms with Gasteiger partial charge in [0, 0.05) is 16.8 Å². The van der Waals surface area contributed by atoms with Crippen LogP contribution in [0.4, 0.5) is 4.39 Å². The van der Waals surface area contributed by atoms with Gasteiger partial charge < -0.3 is 14.0 Å². The Morgan fingerprint density at radius 2 is 1.81 bits per heavy atom. The van der Waals surface area contributed by atoms with Crippen LogP contribution in [-0.2, 0) is 16.1 Å². The van der Waals surface area contributed by atoms with Crippen molar-refractivity contribution in [2.75, 3.05) is 7.11 Å². The first kappa shape index (κ1) is 24.1. The van der Waals surface area contributed by atoms with Gasteiger partial charge in [0.1, 0.15) is 18.2 Å². The Morgan fingerprint density at radius 1 is 1.06 bits per heavy atom. The third-order valence-electron chi connectivity index (χ3n) is 7.29. The Bertz CT molecular complexity index is 1400. The van der Waals surface area contributed by atoms with E-state index in [1.165, 1.54) is 24.4 Å². The highest BCUT2D eigenvalue weighted by molar-refractivity contribution is 5.90. The maximum atomic E-state index is 14.1. The lowest BCUT2D eigenvalue weighted by Gasteiger charge is -2.34. The van der Waals surface area contributed by atoms with E-state index in [9.17, 15) is 9.18 Å². The van der Waals surface area contributed by atoms with Crippen LogP contribution in [0.3, 0.4) is 0 Å². The minimum atomic E-state index is -0.210. The number of fused-ring (bicyclic) bond motifs is 1. The van der Waals surface area contributed by atoms with E-state index < -0.39 is 0 Å². The monoisotopic (exact) mass is 485 g/mol. The SMILES string of the molecule is COC(=O)C1CC(c2c(C(C)C)n(-c3ccc(F)c(C)c3)c3ccc(OCc4ccccc4)cc23)C1. The summed E-state index contributed by atoms with van der Waals surface area (Å²) in [5, 5.41) is 1.12. The standard InChI is InChI=1S/C31H32FNO3/c1-19(2)30-29(22-15-23(16-22)31(34)35-4)26-17-25(36-18-21-8-6-5-7-9-21)11-13-28(26)33(30)24-10-12-27(32)20(3)14-24/h5-14,17,19,22-23H,15-16,18H2,1-4H3. The van der Waals surface area contributed by atoms with E-state index >= 15 is 0 Å². The molecule has 1 aromatic heterocycles. The highest BCUT2D eigenvalue weighted by Crippen LogP contribution is 2.49. The summed E-state index contributed by atoms with van der Waals surface area (Å²) in [5.74, 6) is 0.869. The zero-order valence-corrected chi connectivity index (χ0v) is 21.3. The summed E-state index contributed by atoms with van der Waals surface area (Å²) >= 11 is 0. The normalized spacial score (nSPS) is 17.3. The number of nitrogens with zero attached hydrogens (tertiary/aromatic N) is 1. The molecule has 1 fully saturated rings. The molecule has 1 saturated carbocycles. The van der Waals surface area contributed by atoms with E-state index in [2.05, 4.69) is 42.7 Å². The third-order valence-corrected chi connectivity index (χ3v) is 7.29. The van der Waals surface area contributed by atoms with Gasteiger partial charge in [0.05, 0.1) is 18.5 Å². The molecule has 4 nitrogen and oxygen atoms in total. The van der Waals surface area contributed by atoms with Crippen molar-refractivity contribution in [2.24, 2.45) is 5.92 Å². The molecular formula is C31H32FNO3. The number of carbonyl (C=O) groups excluding carboxylic acids is 1. The maximum absolute atomic E-state index is 14.1. The van der Waals surface area contributed by atoms with Crippen LogP contribution in [0.1, 0.15) is 60.9 Å². The number of halogens is 1. The Labute approximate surface area is 211 Å². The topological polar surface area (TPSA) is 40.5 Å². The van der Waals surface area contributed by atoms with E-state index in [1.807, 2.05) is 36.4 Å². The summed E-state index contributed by atoms with van der Waals surface area (Å²) in [4.78, 5) is 12.1. The van der Waals surface area contributed by atoms with Crippen LogP contribution in [0.5, 0.6) is 5.75 Å². The molecule has 36 heavy (non-hydrogen) atoms. The molecule has 1 heterocycles. The van der Waals surface area contributed by atoms with Gasteiger partial charge in [-0.3, -0.25) is 4.79 Å². The fraction of sp³-hybridized carbons (Fsp3) is 0.323. The molecule has 0 radical (unpaired) electrons. The average Bonchev–Trinajstić information content (AvgIpc) is 3.18. The van der Waals surface area contributed by atoms with Crippen molar-refractivity contribution in [3.63, 3.8) is 0 Å². The first-order chi connectivity index (χ1) is 17.4. The number of carbonyl (C=O) groups is 1. The molecule has 0 bridgehead atoms. The van der Waals surface area contributed by atoms with Crippen molar-refractivity contribution in [1.82, 2.24) is 4.57 Å². The second kappa shape index (κ2) is 9.81. The van der Waals surface area contributed by atoms with Crippen LogP contribution < -0.4 is 4.74 Å². The lowest BCUT2D eigenvalue weighted by atomic mass is 9.70. The van der Waals surface area contributed by atoms with Gasteiger partial charge >= 0.3 is 5.97 Å². The summed E-state index contributed by atoms with van der Waals surface area (Å²) in [6.45, 7) is 6.66. The molecule has 186 valence electrons. The van der Waals surface area contributed by atoms with Crippen LogP contribution >= 0.6 is 0 Å². The first-order valence-electron chi connectivity index (χ1n) is 12.6. The molecule has 0 unspecified atom stereocenters. The summed E-state index contributed by atoms with van der Waals surface area (Å²) in [7, 11) is 1.45. The van der Waals surface area contributed by atoms with Crippen LogP contribution in [0, 0.1) is 18.7 Å². The number of hydrogen-bond donors (Lipinski definition) is 0. The molecule has 0 N–H and O–H groups in total. The van der Waals surface area contributed by atoms with Gasteiger partial charge in [0.2, 0.25) is 0 Å². The van der Waals surface area contributed by atoms with Crippen molar-refractivity contribution in [1.29, 1.82) is 0 Å². The third kappa shape index (κ3) is 4.39. The molecule has 5 heteroatoms. The molecule has 1 aliphatic rings. The Kier molecular flexibility index (Phi) is 6.57. The summed E-state index contributed by atoms with van der Waals surface area (Å²) in [5.41, 5.74) is 6.18. The van der Waals surface area contributed by atoms with E-state index in [-0.39, 0.29) is 29.5 Å². The van der Waals surface area contributed by atoms with E-state index in [1.54, 1.807) is 6.92 Å². The molecule has 0 spiro atoms. The van der Waals surface area contributed by atoms with Gasteiger partial charge in [-0.15, -0.1) is 0 Å². The highest BCUT2D eigenvalue weighted by atomic mass is 19.1. The number of hydrogen-bond acceptors (Lipinski definition) is 3. The van der Waals surface area contributed by atoms with Gasteiger partial charge in [-0.2, -0.15) is 0 Å². The second-order valence-corrected chi connectivity index (χ2v) is 10.1. The molecule has 0 amide bonds. The molecule has 4 aromatic rings. The van der Waals surface area contributed by atoms with Crippen LogP contribution in [0.25, 0.3) is 16.6 Å². The lowest BCUT2D eigenvalue weighted by molar-refractivity contribution is -0.148. The fourth-order valence-electron chi connectivity index (χ4n) is 5.40. The smallest absolute Gasteiger partial charge is 0.308 e. The molecule has 1 aliphatic carbocycles. The molecule has 0 aliphatic heterocycles. The lowest BCUT2D eigenvalue weighted by Crippen LogP contribution is -2.30. The Hall–Kier alpha value is -3.60. The first-order valence-corrected chi connectivity index (χ1v) is 12.6. The van der Waals surface area contributed by atoms with Crippen molar-refractivity contribution in [3.05, 3.63) is 94.9 Å². The predicted molar refractivity (Wildman–Crippen MR) is 140 cm³/mol. The molecule has 0 atom stereocenters. The average molecular weight is 486 g/mol. The van der Waals surface area contributed by atoms with Gasteiger partial charge in [-0.25, -0.2) is 4.39 Å². The minimum absolute atomic E-state index is 0.0657. The quantitative estimate of drug-likeness (QED) is 0.255. The number of ether oxygens (including phenoxy) is 2. The molecule has 0 saturated heterocycles. The maximum Gasteiger partial charge on any atom is 0.308 e. The van der Waals surface area contributed by atoms with E-state index in [4.69, 9.17) is 9.47 Å². The predicted octanol–water partition coefficient (Wildman–Crippen LogP) is 7.45. The fourth-order valence-corrected chi connectivity index (χ4v) is 5.40. The van der Waals surface area contributed by atoms with Crippen molar-refractivity contribution in [3.8, 4) is 11.4 Å². The Balaban J connectivity index is 1.63. The van der Waals surface area contributed by atoms with Crippen LogP contribution in [0.2, 0.25) is 0 Å².